The summed E-state index contributed by atoms with van der Waals surface area (Å²) in [5, 5.41) is 0. The highest BCUT2D eigenvalue weighted by Crippen LogP contribution is 2.21. The van der Waals surface area contributed by atoms with Gasteiger partial charge in [0.15, 0.2) is 0 Å². The van der Waals surface area contributed by atoms with Crippen LogP contribution >= 0.6 is 0 Å². The van der Waals surface area contributed by atoms with E-state index in [2.05, 4.69) is 6.92 Å². The summed E-state index contributed by atoms with van der Waals surface area (Å²) >= 11 is 0. The Balaban J connectivity index is 2.13. The van der Waals surface area contributed by atoms with Crippen molar-refractivity contribution < 1.29 is 4.74 Å². The highest BCUT2D eigenvalue weighted by molar-refractivity contribution is 4.66. The van der Waals surface area contributed by atoms with Gasteiger partial charge in [-0.3, -0.25) is 0 Å². The molecule has 1 heterocycles. The molecule has 0 aromatic heterocycles. The Kier molecular flexibility index (Phi) is 3.87. The molecule has 0 aromatic carbocycles. The molecule has 2 heteroatoms. The van der Waals surface area contributed by atoms with Crippen LogP contribution in [0.15, 0.2) is 0 Å². The maximum absolute atomic E-state index is 5.56. The number of ether oxygens (including phenoxy) is 1. The molecule has 0 saturated carbocycles. The molecule has 1 fully saturated rings. The lowest BCUT2D eigenvalue weighted by atomic mass is 9.90. The van der Waals surface area contributed by atoms with Crippen molar-refractivity contribution >= 4 is 0 Å². The van der Waals surface area contributed by atoms with Crippen LogP contribution in [0.5, 0.6) is 0 Å². The van der Waals surface area contributed by atoms with Crippen molar-refractivity contribution in [1.29, 1.82) is 0 Å². The summed E-state index contributed by atoms with van der Waals surface area (Å²) in [7, 11) is 0. The smallest absolute Gasteiger partial charge is 0.0468 e. The number of rotatable bonds is 3. The summed E-state index contributed by atoms with van der Waals surface area (Å²) < 4.78 is 5.28. The monoisotopic (exact) mass is 157 g/mol. The zero-order chi connectivity index (χ0) is 8.10. The number of hydrogen-bond donors (Lipinski definition) is 1. The summed E-state index contributed by atoms with van der Waals surface area (Å²) in [6.07, 6.45) is 3.77. The Morgan fingerprint density at radius 2 is 2.09 bits per heavy atom. The van der Waals surface area contributed by atoms with Crippen molar-refractivity contribution in [3.8, 4) is 0 Å². The van der Waals surface area contributed by atoms with Gasteiger partial charge in [0.1, 0.15) is 0 Å². The van der Waals surface area contributed by atoms with Crippen molar-refractivity contribution in [2.24, 2.45) is 17.6 Å². The first kappa shape index (κ1) is 9.01. The summed E-state index contributed by atoms with van der Waals surface area (Å²) in [4.78, 5) is 0. The van der Waals surface area contributed by atoms with Gasteiger partial charge in [-0.15, -0.1) is 0 Å². The van der Waals surface area contributed by atoms with Crippen molar-refractivity contribution in [2.75, 3.05) is 19.8 Å². The number of nitrogens with two attached hydrogens (primary N) is 1. The maximum atomic E-state index is 5.56. The molecule has 0 unspecified atom stereocenters. The third-order valence-electron chi connectivity index (χ3n) is 2.48. The zero-order valence-electron chi connectivity index (χ0n) is 7.38. The van der Waals surface area contributed by atoms with Gasteiger partial charge in [-0.25, -0.2) is 0 Å². The molecule has 0 aromatic rings. The van der Waals surface area contributed by atoms with E-state index in [1.165, 1.54) is 19.3 Å². The third-order valence-corrected chi connectivity index (χ3v) is 2.48. The van der Waals surface area contributed by atoms with E-state index >= 15 is 0 Å². The van der Waals surface area contributed by atoms with Gasteiger partial charge in [-0.2, -0.15) is 0 Å². The highest BCUT2D eigenvalue weighted by atomic mass is 16.5. The molecule has 11 heavy (non-hydrogen) atoms. The van der Waals surface area contributed by atoms with Gasteiger partial charge in [-0.05, 0) is 37.6 Å². The average molecular weight is 157 g/mol. The van der Waals surface area contributed by atoms with Gasteiger partial charge in [0.2, 0.25) is 0 Å². The van der Waals surface area contributed by atoms with E-state index in [9.17, 15) is 0 Å². The van der Waals surface area contributed by atoms with Crippen LogP contribution in [0.1, 0.15) is 26.2 Å². The Morgan fingerprint density at radius 3 is 2.64 bits per heavy atom. The molecular weight excluding hydrogens is 138 g/mol. The molecule has 2 nitrogen and oxygen atoms in total. The second-order valence-electron chi connectivity index (χ2n) is 3.63. The van der Waals surface area contributed by atoms with Crippen LogP contribution in [0.2, 0.25) is 0 Å². The van der Waals surface area contributed by atoms with Crippen LogP contribution in [-0.4, -0.2) is 19.8 Å². The summed E-state index contributed by atoms with van der Waals surface area (Å²) in [5.41, 5.74) is 5.56. The van der Waals surface area contributed by atoms with Crippen LogP contribution in [0.4, 0.5) is 0 Å². The fourth-order valence-corrected chi connectivity index (χ4v) is 1.65. The summed E-state index contributed by atoms with van der Waals surface area (Å²) in [5.74, 6) is 1.57. The minimum Gasteiger partial charge on any atom is -0.381 e. The van der Waals surface area contributed by atoms with E-state index in [1.807, 2.05) is 0 Å². The third kappa shape index (κ3) is 3.21. The van der Waals surface area contributed by atoms with Crippen molar-refractivity contribution in [2.45, 2.75) is 26.2 Å². The first-order valence-electron chi connectivity index (χ1n) is 4.60. The highest BCUT2D eigenvalue weighted by Gasteiger charge is 2.15. The van der Waals surface area contributed by atoms with Crippen LogP contribution in [0.25, 0.3) is 0 Å². The minimum atomic E-state index is 0.693. The molecular formula is C9H19NO. The molecule has 0 spiro atoms. The molecule has 1 aliphatic rings. The maximum Gasteiger partial charge on any atom is 0.0468 e. The Hall–Kier alpha value is -0.0800. The average Bonchev–Trinajstić information content (AvgIpc) is 2.06. The van der Waals surface area contributed by atoms with Crippen molar-refractivity contribution in [1.82, 2.24) is 0 Å². The second kappa shape index (κ2) is 4.73. The van der Waals surface area contributed by atoms with Crippen LogP contribution in [0, 0.1) is 11.8 Å². The number of hydrogen-bond acceptors (Lipinski definition) is 2. The lowest BCUT2D eigenvalue weighted by Gasteiger charge is -2.24. The minimum absolute atomic E-state index is 0.693. The van der Waals surface area contributed by atoms with Gasteiger partial charge in [-0.1, -0.05) is 6.92 Å². The van der Waals surface area contributed by atoms with Crippen LogP contribution in [-0.2, 0) is 4.74 Å². The fourth-order valence-electron chi connectivity index (χ4n) is 1.65. The zero-order valence-corrected chi connectivity index (χ0v) is 7.38. The first-order chi connectivity index (χ1) is 5.33. The normalized spacial score (nSPS) is 23.5. The molecule has 1 rings (SSSR count). The van der Waals surface area contributed by atoms with E-state index in [4.69, 9.17) is 10.5 Å². The molecule has 1 saturated heterocycles. The largest absolute Gasteiger partial charge is 0.381 e. The Bertz CT molecular complexity index is 99.7. The van der Waals surface area contributed by atoms with Gasteiger partial charge in [0.25, 0.3) is 0 Å². The topological polar surface area (TPSA) is 35.2 Å². The van der Waals surface area contributed by atoms with E-state index in [0.29, 0.717) is 5.92 Å². The molecule has 2 N–H and O–H groups in total. The van der Waals surface area contributed by atoms with E-state index < -0.39 is 0 Å². The molecule has 0 radical (unpaired) electrons. The van der Waals surface area contributed by atoms with Crippen molar-refractivity contribution in [3.63, 3.8) is 0 Å². The quantitative estimate of drug-likeness (QED) is 0.672. The van der Waals surface area contributed by atoms with Gasteiger partial charge < -0.3 is 10.5 Å². The second-order valence-corrected chi connectivity index (χ2v) is 3.63. The van der Waals surface area contributed by atoms with Crippen molar-refractivity contribution in [3.05, 3.63) is 0 Å². The van der Waals surface area contributed by atoms with E-state index in [1.54, 1.807) is 0 Å². The first-order valence-corrected chi connectivity index (χ1v) is 4.60. The van der Waals surface area contributed by atoms with E-state index in [-0.39, 0.29) is 0 Å². The molecule has 1 atom stereocenters. The predicted octanol–water partition coefficient (Wildman–Crippen LogP) is 1.40. The summed E-state index contributed by atoms with van der Waals surface area (Å²) in [6.45, 7) is 4.98. The Morgan fingerprint density at radius 1 is 1.45 bits per heavy atom. The van der Waals surface area contributed by atoms with Crippen LogP contribution in [0.3, 0.4) is 0 Å². The summed E-state index contributed by atoms with van der Waals surface area (Å²) in [6, 6.07) is 0. The van der Waals surface area contributed by atoms with Gasteiger partial charge in [0, 0.05) is 13.2 Å². The predicted molar refractivity (Wildman–Crippen MR) is 46.4 cm³/mol. The van der Waals surface area contributed by atoms with Gasteiger partial charge >= 0.3 is 0 Å². The molecule has 1 aliphatic heterocycles. The molecule has 66 valence electrons. The van der Waals surface area contributed by atoms with E-state index in [0.717, 1.165) is 25.7 Å². The Labute approximate surface area is 69.1 Å². The lowest BCUT2D eigenvalue weighted by Crippen LogP contribution is -2.21. The molecule has 0 bridgehead atoms. The molecule has 0 aliphatic carbocycles. The standard InChI is InChI=1S/C9H19NO/c1-8(7-10)6-9-2-4-11-5-3-9/h8-9H,2-7,10H2,1H3/t8-/m0/s1. The molecule has 0 amide bonds. The SMILES string of the molecule is C[C@H](CN)CC1CCOCC1. The lowest BCUT2D eigenvalue weighted by molar-refractivity contribution is 0.0597. The fraction of sp³-hybridized carbons (Fsp3) is 1.00. The van der Waals surface area contributed by atoms with Gasteiger partial charge in [0.05, 0.1) is 0 Å². The van der Waals surface area contributed by atoms with Crippen LogP contribution < -0.4 is 5.73 Å².